The predicted molar refractivity (Wildman–Crippen MR) is 254 cm³/mol. The molecule has 0 spiro atoms. The highest BCUT2D eigenvalue weighted by Crippen LogP contribution is 2.23. The van der Waals surface area contributed by atoms with Crippen molar-refractivity contribution in [1.82, 2.24) is 26.3 Å². The van der Waals surface area contributed by atoms with Crippen molar-refractivity contribution in [2.45, 2.75) is 76.9 Å². The minimum atomic E-state index is -1.19. The molecule has 0 unspecified atom stereocenters. The van der Waals surface area contributed by atoms with E-state index in [0.29, 0.717) is 12.2 Å². The van der Waals surface area contributed by atoms with Crippen LogP contribution in [0.25, 0.3) is 22.0 Å². The molecule has 1 aromatic heterocycles. The number of fused-ring (bicyclic) bond motifs is 17. The van der Waals surface area contributed by atoms with Crippen LogP contribution in [0.15, 0.2) is 140 Å². The Bertz CT molecular complexity index is 2580. The van der Waals surface area contributed by atoms with Crippen LogP contribution >= 0.6 is 0 Å². The van der Waals surface area contributed by atoms with Crippen LogP contribution in [0.5, 0.6) is 5.75 Å². The van der Waals surface area contributed by atoms with Crippen molar-refractivity contribution in [3.8, 4) is 16.9 Å². The molecule has 0 saturated heterocycles. The van der Waals surface area contributed by atoms with Gasteiger partial charge in [0, 0.05) is 55.2 Å². The normalized spacial score (nSPS) is 18.3. The van der Waals surface area contributed by atoms with Crippen molar-refractivity contribution < 1.29 is 38.6 Å². The van der Waals surface area contributed by atoms with Crippen molar-refractivity contribution >= 4 is 46.3 Å². The SMILES string of the molecule is C.O=C(O)CCCNC(=O)[C@H]1CC(=O)[C@H](CCc2ccccc2)NC(=O)[C@@H](Cc2ccc(-c3ccccc3)cc2)NC(=O)[C@H](Cc2c[nH]c3ccccc23)NC(=O)COc2ccc(cc2)C1. The van der Waals surface area contributed by atoms with Gasteiger partial charge in [-0.25, -0.2) is 0 Å². The van der Waals surface area contributed by atoms with E-state index in [1.807, 2.05) is 109 Å². The van der Waals surface area contributed by atoms with E-state index in [2.05, 4.69) is 26.3 Å². The van der Waals surface area contributed by atoms with Gasteiger partial charge in [0.1, 0.15) is 17.8 Å². The number of hydrogen-bond acceptors (Lipinski definition) is 7. The molecule has 6 aromatic rings. The number of H-pyrrole nitrogens is 1. The first-order valence-electron chi connectivity index (χ1n) is 22.0. The molecule has 0 radical (unpaired) electrons. The van der Waals surface area contributed by atoms with Crippen LogP contribution in [0.1, 0.15) is 55.4 Å². The summed E-state index contributed by atoms with van der Waals surface area (Å²) in [6.45, 7) is -0.304. The Morgan fingerprint density at radius 3 is 2.02 bits per heavy atom. The number of carbonyl (C=O) groups excluding carboxylic acids is 5. The van der Waals surface area contributed by atoms with Gasteiger partial charge >= 0.3 is 5.97 Å². The van der Waals surface area contributed by atoms with Gasteiger partial charge in [-0.1, -0.05) is 123 Å². The molecule has 4 atom stereocenters. The van der Waals surface area contributed by atoms with Crippen LogP contribution in [0.3, 0.4) is 0 Å². The Balaban J connectivity index is 0.00000720. The van der Waals surface area contributed by atoms with E-state index >= 15 is 0 Å². The van der Waals surface area contributed by atoms with E-state index in [1.165, 1.54) is 0 Å². The van der Waals surface area contributed by atoms with E-state index in [4.69, 9.17) is 9.84 Å². The fourth-order valence-corrected chi connectivity index (χ4v) is 8.08. The zero-order valence-electron chi connectivity index (χ0n) is 36.0. The molecule has 8 rings (SSSR count). The van der Waals surface area contributed by atoms with Gasteiger partial charge in [0.25, 0.3) is 5.91 Å². The average molecular weight is 892 g/mol. The molecule has 0 fully saturated rings. The number of amides is 4. The summed E-state index contributed by atoms with van der Waals surface area (Å²) in [7, 11) is 0. The first kappa shape index (κ1) is 47.9. The lowest BCUT2D eigenvalue weighted by Gasteiger charge is -2.26. The number of rotatable bonds is 13. The Labute approximate surface area is 384 Å². The molecule has 66 heavy (non-hydrogen) atoms. The molecular weight excluding hydrogens is 835 g/mol. The Kier molecular flexibility index (Phi) is 17.0. The highest BCUT2D eigenvalue weighted by Gasteiger charge is 2.33. The van der Waals surface area contributed by atoms with E-state index < -0.39 is 60.2 Å². The number of Topliss-reactive ketones (excluding diaryl/α,β-unsaturated/α-hetero) is 1. The lowest BCUT2D eigenvalue weighted by atomic mass is 9.89. The number of aromatic amines is 1. The monoisotopic (exact) mass is 891 g/mol. The number of aryl methyl sites for hydroxylation is 1. The van der Waals surface area contributed by atoms with Gasteiger partial charge in [0.15, 0.2) is 12.4 Å². The van der Waals surface area contributed by atoms with E-state index in [9.17, 15) is 28.8 Å². The number of ether oxygens (including phenoxy) is 1. The maximum Gasteiger partial charge on any atom is 0.303 e. The summed E-state index contributed by atoms with van der Waals surface area (Å²) in [5.74, 6) is -4.06. The molecular formula is C53H57N5O8. The van der Waals surface area contributed by atoms with Crippen LogP contribution < -0.4 is 26.0 Å². The smallest absolute Gasteiger partial charge is 0.303 e. The zero-order chi connectivity index (χ0) is 45.5. The second kappa shape index (κ2) is 23.4. The summed E-state index contributed by atoms with van der Waals surface area (Å²) in [5, 5.41) is 21.6. The number of benzene rings is 5. The van der Waals surface area contributed by atoms with Gasteiger partial charge < -0.3 is 36.1 Å². The van der Waals surface area contributed by atoms with Gasteiger partial charge in [-0.05, 0) is 77.3 Å². The summed E-state index contributed by atoms with van der Waals surface area (Å²) >= 11 is 0. The fraction of sp³-hybridized carbons (Fsp3) is 0.283. The number of aliphatic carboxylic acids is 1. The number of aromatic nitrogens is 1. The van der Waals surface area contributed by atoms with Crippen LogP contribution in [0.4, 0.5) is 0 Å². The number of para-hydroxylation sites is 1. The van der Waals surface area contributed by atoms with Gasteiger partial charge in [-0.3, -0.25) is 28.8 Å². The van der Waals surface area contributed by atoms with Crippen molar-refractivity contribution in [3.05, 3.63) is 162 Å². The lowest BCUT2D eigenvalue weighted by molar-refractivity contribution is -0.137. The number of hydrogen-bond donors (Lipinski definition) is 6. The highest BCUT2D eigenvalue weighted by molar-refractivity contribution is 5.96. The highest BCUT2D eigenvalue weighted by atomic mass is 16.5. The summed E-state index contributed by atoms with van der Waals surface area (Å²) in [5.41, 5.74) is 6.02. The number of carboxylic acid groups (broad SMARTS) is 1. The first-order valence-corrected chi connectivity index (χ1v) is 22.0. The van der Waals surface area contributed by atoms with Gasteiger partial charge in [-0.2, -0.15) is 0 Å². The zero-order valence-corrected chi connectivity index (χ0v) is 36.0. The molecule has 6 N–H and O–H groups in total. The van der Waals surface area contributed by atoms with Gasteiger partial charge in [0.2, 0.25) is 17.7 Å². The quantitative estimate of drug-likeness (QED) is 0.0556. The van der Waals surface area contributed by atoms with Crippen molar-refractivity contribution in [1.29, 1.82) is 0 Å². The third-order valence-corrected chi connectivity index (χ3v) is 11.6. The van der Waals surface area contributed by atoms with Crippen molar-refractivity contribution in [2.24, 2.45) is 5.92 Å². The molecule has 0 aliphatic carbocycles. The Morgan fingerprint density at radius 2 is 1.30 bits per heavy atom. The molecule has 2 aliphatic heterocycles. The lowest BCUT2D eigenvalue weighted by Crippen LogP contribution is -2.57. The second-order valence-corrected chi connectivity index (χ2v) is 16.4. The number of carbonyl (C=O) groups is 6. The molecule has 13 heteroatoms. The molecule has 5 aromatic carbocycles. The Morgan fingerprint density at radius 1 is 0.667 bits per heavy atom. The maximum absolute atomic E-state index is 14.7. The number of ketones is 1. The van der Waals surface area contributed by atoms with Gasteiger partial charge in [-0.15, -0.1) is 0 Å². The molecule has 4 amide bonds. The molecule has 13 nitrogen and oxygen atoms in total. The minimum absolute atomic E-state index is 0. The van der Waals surface area contributed by atoms with Crippen LogP contribution in [-0.2, 0) is 54.5 Å². The predicted octanol–water partition coefficient (Wildman–Crippen LogP) is 6.53. The van der Waals surface area contributed by atoms with Gasteiger partial charge in [0.05, 0.1) is 6.04 Å². The third kappa shape index (κ3) is 13.5. The van der Waals surface area contributed by atoms with Crippen LogP contribution in [0.2, 0.25) is 0 Å². The molecule has 0 saturated carbocycles. The molecule has 2 bridgehead atoms. The fourth-order valence-electron chi connectivity index (χ4n) is 8.08. The second-order valence-electron chi connectivity index (χ2n) is 16.4. The van der Waals surface area contributed by atoms with Crippen molar-refractivity contribution in [2.75, 3.05) is 13.2 Å². The van der Waals surface area contributed by atoms with E-state index in [0.717, 1.165) is 44.3 Å². The molecule has 3 heterocycles. The molecule has 342 valence electrons. The largest absolute Gasteiger partial charge is 0.484 e. The summed E-state index contributed by atoms with van der Waals surface area (Å²) in [4.78, 5) is 85.6. The number of carboxylic acids is 1. The standard InChI is InChI=1S/C52H53N5O8.CH4/c58-47-31-39(50(62)53-27-9-16-49(60)61)28-35-19-24-41(25-20-35)65-33-48(59)55-46(30-40-32-54-43-15-8-7-14-42(40)43)52(64)57-45(51(63)56-44(47)26-21-34-10-3-1-4-11-34)29-36-17-22-38(23-18-36)37-12-5-2-6-13-37;/h1-8,10-15,17-20,22-25,32,39,44-46,54H,9,16,21,26-31,33H2,(H,53,62)(H,55,59)(H,56,63)(H,57,64)(H,60,61);1H4/t39-,44+,45-,46+;/m1./s1. The van der Waals surface area contributed by atoms with E-state index in [-0.39, 0.29) is 64.7 Å². The Hall–Kier alpha value is -7.54. The summed E-state index contributed by atoms with van der Waals surface area (Å²) in [6.07, 6.45) is 2.59. The van der Waals surface area contributed by atoms with E-state index in [1.54, 1.807) is 30.5 Å². The topological polar surface area (TPSA) is 196 Å². The minimum Gasteiger partial charge on any atom is -0.484 e. The first-order chi connectivity index (χ1) is 31.6. The van der Waals surface area contributed by atoms with Crippen LogP contribution in [0, 0.1) is 5.92 Å². The van der Waals surface area contributed by atoms with Crippen LogP contribution in [-0.4, -0.2) is 76.7 Å². The molecule has 2 aliphatic rings. The van der Waals surface area contributed by atoms with Crippen molar-refractivity contribution in [3.63, 3.8) is 0 Å². The summed E-state index contributed by atoms with van der Waals surface area (Å²) in [6, 6.07) is 38.1. The maximum atomic E-state index is 14.7. The number of nitrogens with one attached hydrogen (secondary N) is 5. The average Bonchev–Trinajstić information content (AvgIpc) is 3.73. The summed E-state index contributed by atoms with van der Waals surface area (Å²) < 4.78 is 5.84. The third-order valence-electron chi connectivity index (χ3n) is 11.6.